The van der Waals surface area contributed by atoms with Gasteiger partial charge in [0.05, 0.1) is 6.61 Å². The second kappa shape index (κ2) is 7.45. The number of aliphatic imine (C=N–C) groups is 1. The van der Waals surface area contributed by atoms with Gasteiger partial charge < -0.3 is 20.1 Å². The van der Waals surface area contributed by atoms with Gasteiger partial charge in [0, 0.05) is 25.2 Å². The third-order valence-electron chi connectivity index (χ3n) is 3.86. The normalized spacial score (nSPS) is 17.3. The lowest BCUT2D eigenvalue weighted by atomic mass is 10.1. The first-order valence-corrected chi connectivity index (χ1v) is 7.19. The molecule has 2 N–H and O–H groups in total. The molecule has 1 aliphatic carbocycles. The van der Waals surface area contributed by atoms with Crippen molar-refractivity contribution >= 4 is 29.9 Å². The van der Waals surface area contributed by atoms with Gasteiger partial charge >= 0.3 is 0 Å². The van der Waals surface area contributed by atoms with Gasteiger partial charge in [0.2, 0.25) is 0 Å². The van der Waals surface area contributed by atoms with E-state index in [1.165, 1.54) is 25.0 Å². The van der Waals surface area contributed by atoms with E-state index in [-0.39, 0.29) is 36.6 Å². The highest BCUT2D eigenvalue weighted by atomic mass is 127. The smallest absolute Gasteiger partial charge is 0.191 e. The molecule has 0 saturated heterocycles. The van der Waals surface area contributed by atoms with Crippen LogP contribution >= 0.6 is 24.0 Å². The fraction of sp³-hybridized carbons (Fsp3) is 0.533. The van der Waals surface area contributed by atoms with E-state index in [2.05, 4.69) is 4.99 Å². The molecule has 7 heteroatoms. The zero-order valence-corrected chi connectivity index (χ0v) is 14.9. The summed E-state index contributed by atoms with van der Waals surface area (Å²) < 4.78 is 24.3. The molecule has 3 rings (SSSR count). The summed E-state index contributed by atoms with van der Waals surface area (Å²) in [5, 5.41) is 0. The van der Waals surface area contributed by atoms with Crippen molar-refractivity contribution in [2.45, 2.75) is 31.9 Å². The predicted molar refractivity (Wildman–Crippen MR) is 93.1 cm³/mol. The highest BCUT2D eigenvalue weighted by molar-refractivity contribution is 14.0. The number of nitrogens with two attached hydrogens (primary N) is 1. The number of fused-ring (bicyclic) bond motifs is 1. The lowest BCUT2D eigenvalue weighted by Gasteiger charge is -2.21. The molecule has 0 atom stereocenters. The minimum atomic E-state index is -0.273. The number of hydrogen-bond acceptors (Lipinski definition) is 3. The topological polar surface area (TPSA) is 60.1 Å². The van der Waals surface area contributed by atoms with E-state index in [0.717, 1.165) is 16.9 Å². The largest absolute Gasteiger partial charge is 0.467 e. The summed E-state index contributed by atoms with van der Waals surface area (Å²) >= 11 is 0. The average molecular weight is 421 g/mol. The molecule has 1 heterocycles. The van der Waals surface area contributed by atoms with E-state index < -0.39 is 0 Å². The Labute approximate surface area is 146 Å². The van der Waals surface area contributed by atoms with Crippen molar-refractivity contribution in [1.82, 2.24) is 4.90 Å². The molecule has 0 amide bonds. The number of halogens is 2. The molecule has 0 bridgehead atoms. The minimum Gasteiger partial charge on any atom is -0.467 e. The molecule has 0 spiro atoms. The van der Waals surface area contributed by atoms with Gasteiger partial charge in [-0.2, -0.15) is 0 Å². The highest BCUT2D eigenvalue weighted by Crippen LogP contribution is 2.30. The third kappa shape index (κ3) is 4.01. The van der Waals surface area contributed by atoms with Crippen molar-refractivity contribution in [3.05, 3.63) is 29.1 Å². The number of guanidine groups is 1. The SMILES string of the molecule is CN(C(N)=NCCc1cc(F)cc2c1OCOC2)C1CC1.I. The second-order valence-electron chi connectivity index (χ2n) is 5.50. The molecule has 1 aromatic rings. The number of nitrogens with zero attached hydrogens (tertiary/aromatic N) is 2. The van der Waals surface area contributed by atoms with Crippen molar-refractivity contribution in [1.29, 1.82) is 0 Å². The molecule has 1 saturated carbocycles. The summed E-state index contributed by atoms with van der Waals surface area (Å²) in [7, 11) is 1.96. The van der Waals surface area contributed by atoms with Crippen LogP contribution in [-0.2, 0) is 17.8 Å². The van der Waals surface area contributed by atoms with Crippen LogP contribution in [0.3, 0.4) is 0 Å². The van der Waals surface area contributed by atoms with Crippen LogP contribution in [0.5, 0.6) is 5.75 Å². The summed E-state index contributed by atoms with van der Waals surface area (Å²) in [4.78, 5) is 6.38. The van der Waals surface area contributed by atoms with Gasteiger partial charge in [0.15, 0.2) is 12.8 Å². The van der Waals surface area contributed by atoms with Crippen molar-refractivity contribution in [2.24, 2.45) is 10.7 Å². The monoisotopic (exact) mass is 421 g/mol. The summed E-state index contributed by atoms with van der Waals surface area (Å²) in [6.07, 6.45) is 2.95. The molecule has 1 fully saturated rings. The first-order chi connectivity index (χ1) is 10.1. The van der Waals surface area contributed by atoms with Crippen LogP contribution in [0.25, 0.3) is 0 Å². The maximum Gasteiger partial charge on any atom is 0.191 e. The molecule has 5 nitrogen and oxygen atoms in total. The number of hydrogen-bond donors (Lipinski definition) is 1. The molecule has 2 aliphatic rings. The maximum absolute atomic E-state index is 13.6. The lowest BCUT2D eigenvalue weighted by molar-refractivity contribution is -0.0172. The average Bonchev–Trinajstić information content (AvgIpc) is 3.30. The Kier molecular flexibility index (Phi) is 5.85. The molecule has 0 unspecified atom stereocenters. The number of rotatable bonds is 4. The standard InChI is InChI=1S/C15H20FN3O2.HI/c1-19(13-2-3-13)15(17)18-5-4-10-6-12(16)7-11-8-20-9-21-14(10)11;/h6-7,13H,2-5,8-9H2,1H3,(H2,17,18);1H. The predicted octanol–water partition coefficient (Wildman–Crippen LogP) is 2.26. The van der Waals surface area contributed by atoms with E-state index >= 15 is 0 Å². The Morgan fingerprint density at radius 3 is 2.95 bits per heavy atom. The molecular weight excluding hydrogens is 400 g/mol. The van der Waals surface area contributed by atoms with Crippen LogP contribution in [0.15, 0.2) is 17.1 Å². The first-order valence-electron chi connectivity index (χ1n) is 7.19. The van der Waals surface area contributed by atoms with Crippen molar-refractivity contribution in [2.75, 3.05) is 20.4 Å². The number of benzene rings is 1. The lowest BCUT2D eigenvalue weighted by Crippen LogP contribution is -2.35. The Bertz CT molecular complexity index is 564. The number of ether oxygens (including phenoxy) is 2. The summed E-state index contributed by atoms with van der Waals surface area (Å²) in [6.45, 7) is 1.11. The van der Waals surface area contributed by atoms with Crippen molar-refractivity contribution < 1.29 is 13.9 Å². The second-order valence-corrected chi connectivity index (χ2v) is 5.50. The summed E-state index contributed by atoms with van der Waals surface area (Å²) in [5.74, 6) is 1.00. The van der Waals surface area contributed by atoms with Gasteiger partial charge in [0.25, 0.3) is 0 Å². The van der Waals surface area contributed by atoms with Crippen LogP contribution in [0.2, 0.25) is 0 Å². The maximum atomic E-state index is 13.6. The van der Waals surface area contributed by atoms with Crippen LogP contribution < -0.4 is 10.5 Å². The van der Waals surface area contributed by atoms with E-state index in [1.807, 2.05) is 11.9 Å². The van der Waals surface area contributed by atoms with Crippen LogP contribution in [-0.4, -0.2) is 37.3 Å². The Hall–Kier alpha value is -1.09. The van der Waals surface area contributed by atoms with Crippen molar-refractivity contribution in [3.63, 3.8) is 0 Å². The summed E-state index contributed by atoms with van der Waals surface area (Å²) in [5.41, 5.74) is 7.51. The van der Waals surface area contributed by atoms with Gasteiger partial charge in [-0.3, -0.25) is 4.99 Å². The summed E-state index contributed by atoms with van der Waals surface area (Å²) in [6, 6.07) is 3.49. The van der Waals surface area contributed by atoms with Crippen LogP contribution in [0, 0.1) is 5.82 Å². The molecule has 0 radical (unpaired) electrons. The quantitative estimate of drug-likeness (QED) is 0.461. The Morgan fingerprint density at radius 1 is 1.45 bits per heavy atom. The Balaban J connectivity index is 0.00000176. The third-order valence-corrected chi connectivity index (χ3v) is 3.86. The van der Waals surface area contributed by atoms with Gasteiger partial charge in [-0.1, -0.05) is 0 Å². The zero-order valence-electron chi connectivity index (χ0n) is 12.5. The van der Waals surface area contributed by atoms with Crippen molar-refractivity contribution in [3.8, 4) is 5.75 Å². The van der Waals surface area contributed by atoms with E-state index in [4.69, 9.17) is 15.2 Å². The van der Waals surface area contributed by atoms with Crippen LogP contribution in [0.4, 0.5) is 4.39 Å². The first kappa shape index (κ1) is 17.3. The van der Waals surface area contributed by atoms with Gasteiger partial charge in [-0.25, -0.2) is 4.39 Å². The molecule has 22 heavy (non-hydrogen) atoms. The van der Waals surface area contributed by atoms with Gasteiger partial charge in [-0.15, -0.1) is 24.0 Å². The van der Waals surface area contributed by atoms with Gasteiger partial charge in [-0.05, 0) is 37.0 Å². The van der Waals surface area contributed by atoms with Crippen LogP contribution in [0.1, 0.15) is 24.0 Å². The zero-order chi connectivity index (χ0) is 14.8. The highest BCUT2D eigenvalue weighted by Gasteiger charge is 2.27. The molecule has 0 aromatic heterocycles. The van der Waals surface area contributed by atoms with E-state index in [1.54, 1.807) is 0 Å². The van der Waals surface area contributed by atoms with Gasteiger partial charge in [0.1, 0.15) is 11.6 Å². The fourth-order valence-corrected chi connectivity index (χ4v) is 2.49. The molecule has 1 aliphatic heterocycles. The van der Waals surface area contributed by atoms with E-state index in [9.17, 15) is 4.39 Å². The molecule has 1 aromatic carbocycles. The van der Waals surface area contributed by atoms with E-state index in [0.29, 0.717) is 31.6 Å². The Morgan fingerprint density at radius 2 is 2.23 bits per heavy atom. The fourth-order valence-electron chi connectivity index (χ4n) is 2.49. The molecule has 122 valence electrons. The molecular formula is C15H21FIN3O2. The minimum absolute atomic E-state index is 0.